The van der Waals surface area contributed by atoms with Crippen LogP contribution in [0.25, 0.3) is 0 Å². The Labute approximate surface area is 95.2 Å². The summed E-state index contributed by atoms with van der Waals surface area (Å²) in [5.41, 5.74) is 1.24. The second-order valence-electron chi connectivity index (χ2n) is 2.95. The van der Waals surface area contributed by atoms with Gasteiger partial charge in [0.15, 0.2) is 0 Å². The Balaban J connectivity index is 2.17. The maximum Gasteiger partial charge on any atom is 0.258 e. The fourth-order valence-electron chi connectivity index (χ4n) is 1.15. The van der Waals surface area contributed by atoms with Crippen molar-refractivity contribution < 1.29 is 9.21 Å². The molecule has 2 rings (SSSR count). The van der Waals surface area contributed by atoms with Gasteiger partial charge in [-0.25, -0.2) is 0 Å². The van der Waals surface area contributed by atoms with E-state index in [4.69, 9.17) is 4.42 Å². The molecule has 1 amide bonds. The Bertz CT molecular complexity index is 465. The molecule has 4 heteroatoms. The molecule has 1 aromatic heterocycles. The standard InChI is InChI=1S/C11H8BrNO2/c12-9-3-1-2-4-10(9)13-11(14)8-5-6-15-7-8/h1-7H,(H,13,14). The number of carbonyl (C=O) groups is 1. The normalized spacial score (nSPS) is 9.93. The lowest BCUT2D eigenvalue weighted by Crippen LogP contribution is -2.10. The molecule has 0 aliphatic rings. The van der Waals surface area contributed by atoms with Gasteiger partial charge in [0.2, 0.25) is 0 Å². The lowest BCUT2D eigenvalue weighted by Gasteiger charge is -2.04. The minimum absolute atomic E-state index is 0.185. The van der Waals surface area contributed by atoms with Crippen LogP contribution < -0.4 is 5.32 Å². The van der Waals surface area contributed by atoms with E-state index in [2.05, 4.69) is 21.2 Å². The molecular formula is C11H8BrNO2. The first-order valence-corrected chi connectivity index (χ1v) is 5.15. The summed E-state index contributed by atoms with van der Waals surface area (Å²) >= 11 is 3.35. The smallest absolute Gasteiger partial charge is 0.258 e. The van der Waals surface area contributed by atoms with Gasteiger partial charge < -0.3 is 9.73 Å². The van der Waals surface area contributed by atoms with Gasteiger partial charge in [-0.3, -0.25) is 4.79 Å². The van der Waals surface area contributed by atoms with Crippen LogP contribution in [-0.2, 0) is 0 Å². The Morgan fingerprint density at radius 3 is 2.73 bits per heavy atom. The molecule has 0 aliphatic heterocycles. The molecule has 0 bridgehead atoms. The van der Waals surface area contributed by atoms with E-state index >= 15 is 0 Å². The number of halogens is 1. The van der Waals surface area contributed by atoms with Gasteiger partial charge in [-0.1, -0.05) is 12.1 Å². The average molecular weight is 266 g/mol. The highest BCUT2D eigenvalue weighted by Gasteiger charge is 2.08. The van der Waals surface area contributed by atoms with Crippen molar-refractivity contribution in [3.8, 4) is 0 Å². The van der Waals surface area contributed by atoms with Crippen molar-refractivity contribution in [3.63, 3.8) is 0 Å². The molecule has 0 fully saturated rings. The van der Waals surface area contributed by atoms with Crippen LogP contribution in [0.4, 0.5) is 5.69 Å². The lowest BCUT2D eigenvalue weighted by molar-refractivity contribution is 0.102. The quantitative estimate of drug-likeness (QED) is 0.906. The van der Waals surface area contributed by atoms with Crippen molar-refractivity contribution in [1.29, 1.82) is 0 Å². The number of benzene rings is 1. The van der Waals surface area contributed by atoms with Crippen LogP contribution in [0.1, 0.15) is 10.4 Å². The van der Waals surface area contributed by atoms with Gasteiger partial charge in [0.05, 0.1) is 17.5 Å². The summed E-state index contributed by atoms with van der Waals surface area (Å²) < 4.78 is 5.68. The number of nitrogens with one attached hydrogen (secondary N) is 1. The molecule has 0 unspecified atom stereocenters. The van der Waals surface area contributed by atoms with Crippen LogP contribution in [0, 0.1) is 0 Å². The maximum absolute atomic E-state index is 11.6. The van der Waals surface area contributed by atoms with Crippen molar-refractivity contribution >= 4 is 27.5 Å². The number of anilines is 1. The lowest BCUT2D eigenvalue weighted by atomic mass is 10.3. The van der Waals surface area contributed by atoms with E-state index in [1.807, 2.05) is 24.3 Å². The zero-order valence-corrected chi connectivity index (χ0v) is 9.32. The SMILES string of the molecule is O=C(Nc1ccccc1Br)c1ccoc1. The molecule has 0 atom stereocenters. The summed E-state index contributed by atoms with van der Waals surface area (Å²) in [6.07, 6.45) is 2.88. The third kappa shape index (κ3) is 2.27. The van der Waals surface area contributed by atoms with Crippen LogP contribution in [0.15, 0.2) is 51.7 Å². The van der Waals surface area contributed by atoms with Crippen molar-refractivity contribution in [2.45, 2.75) is 0 Å². The van der Waals surface area contributed by atoms with Crippen LogP contribution in [0.5, 0.6) is 0 Å². The topological polar surface area (TPSA) is 42.2 Å². The molecule has 2 aromatic rings. The number of furan rings is 1. The fraction of sp³-hybridized carbons (Fsp3) is 0. The van der Waals surface area contributed by atoms with E-state index in [1.54, 1.807) is 6.07 Å². The predicted octanol–water partition coefficient (Wildman–Crippen LogP) is 3.29. The molecule has 0 saturated heterocycles. The van der Waals surface area contributed by atoms with Gasteiger partial charge in [-0.15, -0.1) is 0 Å². The third-order valence-electron chi connectivity index (χ3n) is 1.91. The Morgan fingerprint density at radius 2 is 2.07 bits per heavy atom. The summed E-state index contributed by atoms with van der Waals surface area (Å²) in [5, 5.41) is 2.77. The van der Waals surface area contributed by atoms with Crippen molar-refractivity contribution in [1.82, 2.24) is 0 Å². The van der Waals surface area contributed by atoms with E-state index in [1.165, 1.54) is 12.5 Å². The van der Waals surface area contributed by atoms with Crippen molar-refractivity contribution in [2.75, 3.05) is 5.32 Å². The minimum atomic E-state index is -0.185. The molecule has 1 N–H and O–H groups in total. The molecular weight excluding hydrogens is 258 g/mol. The summed E-state index contributed by atoms with van der Waals surface area (Å²) in [6.45, 7) is 0. The van der Waals surface area contributed by atoms with Crippen molar-refractivity contribution in [3.05, 3.63) is 52.9 Å². The number of carbonyl (C=O) groups excluding carboxylic acids is 1. The van der Waals surface area contributed by atoms with Crippen LogP contribution >= 0.6 is 15.9 Å². The second kappa shape index (κ2) is 4.31. The summed E-state index contributed by atoms with van der Waals surface area (Å²) in [6, 6.07) is 9.05. The summed E-state index contributed by atoms with van der Waals surface area (Å²) in [5.74, 6) is -0.185. The zero-order chi connectivity index (χ0) is 10.7. The van der Waals surface area contributed by atoms with E-state index in [9.17, 15) is 4.79 Å². The minimum Gasteiger partial charge on any atom is -0.472 e. The highest BCUT2D eigenvalue weighted by Crippen LogP contribution is 2.21. The molecule has 0 saturated carbocycles. The first-order valence-electron chi connectivity index (χ1n) is 4.35. The van der Waals surface area contributed by atoms with E-state index in [-0.39, 0.29) is 5.91 Å². The van der Waals surface area contributed by atoms with Gasteiger partial charge >= 0.3 is 0 Å². The number of para-hydroxylation sites is 1. The fourth-order valence-corrected chi connectivity index (χ4v) is 1.53. The van der Waals surface area contributed by atoms with Crippen LogP contribution in [-0.4, -0.2) is 5.91 Å². The average Bonchev–Trinajstić information content (AvgIpc) is 2.74. The number of amides is 1. The second-order valence-corrected chi connectivity index (χ2v) is 3.80. The van der Waals surface area contributed by atoms with E-state index < -0.39 is 0 Å². The monoisotopic (exact) mass is 265 g/mol. The maximum atomic E-state index is 11.6. The van der Waals surface area contributed by atoms with Crippen LogP contribution in [0.2, 0.25) is 0 Å². The molecule has 1 aromatic carbocycles. The first kappa shape index (κ1) is 9.98. The number of rotatable bonds is 2. The summed E-state index contributed by atoms with van der Waals surface area (Å²) in [7, 11) is 0. The van der Waals surface area contributed by atoms with E-state index in [0.29, 0.717) is 5.56 Å². The predicted molar refractivity (Wildman–Crippen MR) is 60.8 cm³/mol. The van der Waals surface area contributed by atoms with Gasteiger partial charge in [-0.05, 0) is 34.1 Å². The van der Waals surface area contributed by atoms with Gasteiger partial charge in [-0.2, -0.15) is 0 Å². The number of hydrogen-bond acceptors (Lipinski definition) is 2. The molecule has 0 spiro atoms. The first-order chi connectivity index (χ1) is 7.27. The highest BCUT2D eigenvalue weighted by atomic mass is 79.9. The Morgan fingerprint density at radius 1 is 1.27 bits per heavy atom. The highest BCUT2D eigenvalue weighted by molar-refractivity contribution is 9.10. The molecule has 15 heavy (non-hydrogen) atoms. The Kier molecular flexibility index (Phi) is 2.87. The van der Waals surface area contributed by atoms with Crippen molar-refractivity contribution in [2.24, 2.45) is 0 Å². The molecule has 76 valence electrons. The molecule has 0 aliphatic carbocycles. The Hall–Kier alpha value is -1.55. The summed E-state index contributed by atoms with van der Waals surface area (Å²) in [4.78, 5) is 11.6. The molecule has 3 nitrogen and oxygen atoms in total. The van der Waals surface area contributed by atoms with Gasteiger partial charge in [0, 0.05) is 4.47 Å². The number of hydrogen-bond donors (Lipinski definition) is 1. The van der Waals surface area contributed by atoms with Crippen LogP contribution in [0.3, 0.4) is 0 Å². The van der Waals surface area contributed by atoms with E-state index in [0.717, 1.165) is 10.2 Å². The molecule has 1 heterocycles. The molecule has 0 radical (unpaired) electrons. The van der Waals surface area contributed by atoms with Gasteiger partial charge in [0.1, 0.15) is 6.26 Å². The third-order valence-corrected chi connectivity index (χ3v) is 2.60. The zero-order valence-electron chi connectivity index (χ0n) is 7.74. The van der Waals surface area contributed by atoms with Gasteiger partial charge in [0.25, 0.3) is 5.91 Å². The largest absolute Gasteiger partial charge is 0.472 e.